The molecule has 36 heavy (non-hydrogen) atoms. The van der Waals surface area contributed by atoms with E-state index in [0.29, 0.717) is 12.8 Å². The molecule has 0 spiro atoms. The van der Waals surface area contributed by atoms with Crippen LogP contribution in [0.25, 0.3) is 0 Å². The maximum atomic E-state index is 12.3. The Morgan fingerprint density at radius 1 is 0.722 bits per heavy atom. The van der Waals surface area contributed by atoms with Gasteiger partial charge in [0.15, 0.2) is 0 Å². The fourth-order valence-corrected chi connectivity index (χ4v) is 5.21. The molecule has 0 fully saturated rings. The third-order valence-corrected chi connectivity index (χ3v) is 7.50. The van der Waals surface area contributed by atoms with E-state index in [1.165, 1.54) is 64.2 Å². The van der Waals surface area contributed by atoms with E-state index < -0.39 is 28.0 Å². The first-order valence-corrected chi connectivity index (χ1v) is 16.5. The van der Waals surface area contributed by atoms with Crippen molar-refractivity contribution in [2.45, 2.75) is 161 Å². The van der Waals surface area contributed by atoms with E-state index in [-0.39, 0.29) is 5.91 Å². The molecule has 0 aromatic rings. The summed E-state index contributed by atoms with van der Waals surface area (Å²) in [6.45, 7) is 4.40. The summed E-state index contributed by atoms with van der Waals surface area (Å²) in [5.41, 5.74) is 0. The minimum atomic E-state index is -4.29. The van der Waals surface area contributed by atoms with E-state index in [1.54, 1.807) is 0 Å². The van der Waals surface area contributed by atoms with Crippen LogP contribution in [0.15, 0.2) is 12.2 Å². The zero-order valence-corrected chi connectivity index (χ0v) is 24.2. The number of amides is 1. The summed E-state index contributed by atoms with van der Waals surface area (Å²) in [6.07, 6.45) is 26.1. The Bertz CT molecular complexity index is 636. The van der Waals surface area contributed by atoms with Crippen molar-refractivity contribution < 1.29 is 22.9 Å². The van der Waals surface area contributed by atoms with Crippen LogP contribution in [-0.2, 0) is 14.9 Å². The van der Waals surface area contributed by atoms with Crippen LogP contribution in [-0.4, -0.2) is 41.9 Å². The van der Waals surface area contributed by atoms with Gasteiger partial charge in [0.2, 0.25) is 5.91 Å². The van der Waals surface area contributed by atoms with Crippen LogP contribution in [0.4, 0.5) is 0 Å². The van der Waals surface area contributed by atoms with E-state index in [1.807, 2.05) is 0 Å². The first-order valence-electron chi connectivity index (χ1n) is 14.9. The summed E-state index contributed by atoms with van der Waals surface area (Å²) in [7, 11) is -4.29. The third kappa shape index (κ3) is 24.8. The van der Waals surface area contributed by atoms with Crippen molar-refractivity contribution >= 4 is 16.0 Å². The highest BCUT2D eigenvalue weighted by Crippen LogP contribution is 2.13. The van der Waals surface area contributed by atoms with Crippen molar-refractivity contribution in [3.05, 3.63) is 12.2 Å². The largest absolute Gasteiger partial charge is 0.391 e. The number of hydrogen-bond donors (Lipinski definition) is 3. The molecule has 2 unspecified atom stereocenters. The number of hydrogen-bond acceptors (Lipinski definition) is 4. The molecular formula is C29H57NO5S. The van der Waals surface area contributed by atoms with Gasteiger partial charge in [-0.3, -0.25) is 9.35 Å². The molecule has 0 rings (SSSR count). The maximum absolute atomic E-state index is 12.3. The zero-order valence-electron chi connectivity index (χ0n) is 23.4. The van der Waals surface area contributed by atoms with Crippen molar-refractivity contribution in [3.63, 3.8) is 0 Å². The molecule has 0 saturated carbocycles. The van der Waals surface area contributed by atoms with Gasteiger partial charge in [0.05, 0.1) is 17.9 Å². The molecule has 1 amide bonds. The molecule has 0 heterocycles. The standard InChI is InChI=1S/C29H57NO5S/c1-3-5-7-9-11-12-13-14-15-16-17-18-19-21-23-25-29(32)30-27(26-36(33,34)35)28(31)24-22-20-10-8-6-4-2/h14-15,27-28,31H,3-13,16-26H2,1-2H3,(H,30,32)(H,33,34,35)/b15-14-. The highest BCUT2D eigenvalue weighted by molar-refractivity contribution is 7.85. The smallest absolute Gasteiger partial charge is 0.266 e. The van der Waals surface area contributed by atoms with E-state index >= 15 is 0 Å². The molecule has 0 aromatic heterocycles. The van der Waals surface area contributed by atoms with E-state index in [2.05, 4.69) is 31.3 Å². The van der Waals surface area contributed by atoms with Crippen LogP contribution < -0.4 is 5.32 Å². The van der Waals surface area contributed by atoms with Gasteiger partial charge in [-0.2, -0.15) is 8.42 Å². The Hall–Kier alpha value is -0.920. The average Bonchev–Trinajstić information content (AvgIpc) is 2.82. The van der Waals surface area contributed by atoms with E-state index in [4.69, 9.17) is 0 Å². The van der Waals surface area contributed by atoms with Crippen molar-refractivity contribution in [1.29, 1.82) is 0 Å². The quantitative estimate of drug-likeness (QED) is 0.0609. The number of allylic oxidation sites excluding steroid dienone is 2. The zero-order chi connectivity index (χ0) is 26.9. The van der Waals surface area contributed by atoms with Gasteiger partial charge in [-0.15, -0.1) is 0 Å². The second-order valence-corrected chi connectivity index (χ2v) is 11.9. The highest BCUT2D eigenvalue weighted by atomic mass is 32.2. The van der Waals surface area contributed by atoms with Crippen LogP contribution in [0, 0.1) is 0 Å². The number of aliphatic hydroxyl groups excluding tert-OH is 1. The van der Waals surface area contributed by atoms with Crippen LogP contribution in [0.1, 0.15) is 149 Å². The first kappa shape index (κ1) is 35.1. The van der Waals surface area contributed by atoms with Gasteiger partial charge in [-0.25, -0.2) is 0 Å². The number of carbonyl (C=O) groups is 1. The fraction of sp³-hybridized carbons (Fsp3) is 0.897. The maximum Gasteiger partial charge on any atom is 0.266 e. The monoisotopic (exact) mass is 531 g/mol. The summed E-state index contributed by atoms with van der Waals surface area (Å²) in [5, 5.41) is 13.1. The Morgan fingerprint density at radius 2 is 1.17 bits per heavy atom. The van der Waals surface area contributed by atoms with Gasteiger partial charge in [0.1, 0.15) is 0 Å². The lowest BCUT2D eigenvalue weighted by Crippen LogP contribution is -2.47. The van der Waals surface area contributed by atoms with Crippen LogP contribution in [0.3, 0.4) is 0 Å². The number of unbranched alkanes of at least 4 members (excludes halogenated alkanes) is 16. The van der Waals surface area contributed by atoms with Crippen LogP contribution in [0.5, 0.6) is 0 Å². The molecule has 0 aliphatic heterocycles. The van der Waals surface area contributed by atoms with Gasteiger partial charge in [0, 0.05) is 6.42 Å². The molecule has 6 nitrogen and oxygen atoms in total. The first-order chi connectivity index (χ1) is 17.3. The fourth-order valence-electron chi connectivity index (χ4n) is 4.45. The molecule has 0 bridgehead atoms. The van der Waals surface area contributed by atoms with E-state index in [9.17, 15) is 22.9 Å². The molecule has 0 aromatic carbocycles. The number of nitrogens with one attached hydrogen (secondary N) is 1. The molecular weight excluding hydrogens is 474 g/mol. The van der Waals surface area contributed by atoms with Crippen molar-refractivity contribution in [2.75, 3.05) is 5.75 Å². The summed E-state index contributed by atoms with van der Waals surface area (Å²) < 4.78 is 32.0. The summed E-state index contributed by atoms with van der Waals surface area (Å²) >= 11 is 0. The van der Waals surface area contributed by atoms with Gasteiger partial charge in [-0.05, 0) is 38.5 Å². The van der Waals surface area contributed by atoms with Gasteiger partial charge < -0.3 is 10.4 Å². The average molecular weight is 532 g/mol. The summed E-state index contributed by atoms with van der Waals surface area (Å²) in [5.74, 6) is -0.912. The second kappa shape index (κ2) is 24.4. The molecule has 2 atom stereocenters. The number of rotatable bonds is 26. The van der Waals surface area contributed by atoms with Crippen LogP contribution >= 0.6 is 0 Å². The third-order valence-electron chi connectivity index (χ3n) is 6.72. The summed E-state index contributed by atoms with van der Waals surface area (Å²) in [4.78, 5) is 12.3. The Kier molecular flexibility index (Phi) is 23.8. The number of aliphatic hydroxyl groups is 1. The SMILES string of the molecule is CCCCCCCC/C=C\CCCCCCCC(=O)NC(CS(=O)(=O)O)C(O)CCCCCCCC. The highest BCUT2D eigenvalue weighted by Gasteiger charge is 2.25. The van der Waals surface area contributed by atoms with Gasteiger partial charge in [0.25, 0.3) is 10.1 Å². The summed E-state index contributed by atoms with van der Waals surface area (Å²) in [6, 6.07) is -0.966. The normalized spacial score (nSPS) is 13.8. The molecule has 0 aliphatic carbocycles. The van der Waals surface area contributed by atoms with Gasteiger partial charge >= 0.3 is 0 Å². The molecule has 0 radical (unpaired) electrons. The predicted molar refractivity (Wildman–Crippen MR) is 152 cm³/mol. The van der Waals surface area contributed by atoms with Crippen LogP contribution in [0.2, 0.25) is 0 Å². The Morgan fingerprint density at radius 3 is 1.67 bits per heavy atom. The van der Waals surface area contributed by atoms with Crippen molar-refractivity contribution in [2.24, 2.45) is 0 Å². The molecule has 3 N–H and O–H groups in total. The Balaban J connectivity index is 3.95. The minimum absolute atomic E-state index is 0.261. The molecule has 214 valence electrons. The lowest BCUT2D eigenvalue weighted by atomic mass is 10.0. The Labute approximate surface area is 222 Å². The molecule has 0 aliphatic rings. The topological polar surface area (TPSA) is 104 Å². The number of carbonyl (C=O) groups excluding carboxylic acids is 1. The lowest BCUT2D eigenvalue weighted by Gasteiger charge is -2.23. The molecule has 0 saturated heterocycles. The predicted octanol–water partition coefficient (Wildman–Crippen LogP) is 7.51. The van der Waals surface area contributed by atoms with Crippen molar-refractivity contribution in [3.8, 4) is 0 Å². The minimum Gasteiger partial charge on any atom is -0.391 e. The van der Waals surface area contributed by atoms with E-state index in [0.717, 1.165) is 57.8 Å². The van der Waals surface area contributed by atoms with Crippen molar-refractivity contribution in [1.82, 2.24) is 5.32 Å². The van der Waals surface area contributed by atoms with Gasteiger partial charge in [-0.1, -0.05) is 116 Å². The lowest BCUT2D eigenvalue weighted by molar-refractivity contribution is -0.122. The second-order valence-electron chi connectivity index (χ2n) is 10.4. The molecule has 7 heteroatoms.